The highest BCUT2D eigenvalue weighted by Crippen LogP contribution is 2.34. The Morgan fingerprint density at radius 2 is 1.00 bits per heavy atom. The van der Waals surface area contributed by atoms with Crippen LogP contribution < -0.4 is 15.4 Å². The third-order valence-corrected chi connectivity index (χ3v) is 13.3. The number of aryl methyl sites for hydroxylation is 1. The molecule has 0 aliphatic heterocycles. The molecule has 0 amide bonds. The minimum atomic E-state index is -3.78. The summed E-state index contributed by atoms with van der Waals surface area (Å²) in [5.74, 6) is 0.240. The summed E-state index contributed by atoms with van der Waals surface area (Å²) in [5, 5.41) is 17.6. The molecule has 0 aliphatic carbocycles. The van der Waals surface area contributed by atoms with Gasteiger partial charge in [0.15, 0.2) is 0 Å². The fourth-order valence-electron chi connectivity index (χ4n) is 6.40. The van der Waals surface area contributed by atoms with E-state index in [0.717, 1.165) is 64.3 Å². The van der Waals surface area contributed by atoms with Gasteiger partial charge in [-0.1, -0.05) is 17.7 Å². The van der Waals surface area contributed by atoms with Crippen LogP contribution in [0.2, 0.25) is 0 Å². The monoisotopic (exact) mass is 1090 g/mol. The Hall–Kier alpha value is -6.23. The number of phenolic OH excluding ortho intramolecular Hbond substituents is 1. The van der Waals surface area contributed by atoms with E-state index >= 15 is 0 Å². The van der Waals surface area contributed by atoms with Crippen LogP contribution in [0.4, 0.5) is 11.4 Å². The maximum atomic E-state index is 11.9. The molecule has 0 bridgehead atoms. The molecular formula is C55H68N4O13S3. The van der Waals surface area contributed by atoms with Crippen LogP contribution in [0.15, 0.2) is 114 Å². The topological polar surface area (TPSA) is 212 Å². The zero-order valence-electron chi connectivity index (χ0n) is 43.9. The quantitative estimate of drug-likeness (QED) is 0.0309. The molecule has 0 unspecified atom stereocenters. The van der Waals surface area contributed by atoms with E-state index in [-0.39, 0.29) is 56.3 Å². The van der Waals surface area contributed by atoms with E-state index in [1.807, 2.05) is 102 Å². The Morgan fingerprint density at radius 1 is 0.560 bits per heavy atom. The van der Waals surface area contributed by atoms with Gasteiger partial charge >= 0.3 is 11.9 Å². The Balaban J connectivity index is 0.000000216. The van der Waals surface area contributed by atoms with E-state index in [9.17, 15) is 23.1 Å². The van der Waals surface area contributed by atoms with Crippen molar-refractivity contribution < 1.29 is 60.5 Å². The van der Waals surface area contributed by atoms with Crippen LogP contribution in [0.1, 0.15) is 47.1 Å². The molecule has 20 heteroatoms. The van der Waals surface area contributed by atoms with Crippen molar-refractivity contribution in [1.29, 1.82) is 0 Å². The summed E-state index contributed by atoms with van der Waals surface area (Å²) in [6.45, 7) is 14.4. The number of anilines is 2. The molecular weight excluding hydrogens is 1020 g/mol. The van der Waals surface area contributed by atoms with Crippen molar-refractivity contribution in [2.24, 2.45) is 0 Å². The molecule has 7 aromatic rings. The third-order valence-electron chi connectivity index (χ3n) is 9.87. The maximum Gasteiger partial charge on any atom is 0.332 e. The van der Waals surface area contributed by atoms with E-state index in [0.29, 0.717) is 26.4 Å². The highest BCUT2D eigenvalue weighted by atomic mass is 32.2. The molecule has 0 fully saturated rings. The number of thiazole rings is 2. The number of carbonyl (C=O) groups is 2. The van der Waals surface area contributed by atoms with Crippen LogP contribution in [0.5, 0.6) is 11.5 Å². The molecule has 3 N–H and O–H groups in total. The number of hydrogen-bond acceptors (Lipinski definition) is 19. The molecule has 404 valence electrons. The molecule has 5 aromatic carbocycles. The minimum Gasteiger partial charge on any atom is -0.508 e. The molecule has 7 rings (SSSR count). The number of hydrogen-bond donors (Lipinski definition) is 3. The van der Waals surface area contributed by atoms with Crippen molar-refractivity contribution in [3.63, 3.8) is 0 Å². The van der Waals surface area contributed by atoms with Gasteiger partial charge in [0.2, 0.25) is 0 Å². The number of esters is 2. The number of phenols is 1. The van der Waals surface area contributed by atoms with E-state index in [1.54, 1.807) is 67.7 Å². The lowest BCUT2D eigenvalue weighted by molar-refractivity contribution is -0.161. The number of fused-ring (bicyclic) bond motifs is 2. The largest absolute Gasteiger partial charge is 0.508 e. The zero-order chi connectivity index (χ0) is 54.4. The van der Waals surface area contributed by atoms with E-state index in [2.05, 4.69) is 27.8 Å². The molecule has 2 heterocycles. The van der Waals surface area contributed by atoms with Gasteiger partial charge in [-0.15, -0.1) is 22.7 Å². The summed E-state index contributed by atoms with van der Waals surface area (Å²) in [4.78, 5) is 32.3. The number of aromatic hydroxyl groups is 1. The molecule has 0 radical (unpaired) electrons. The van der Waals surface area contributed by atoms with Crippen molar-refractivity contribution in [1.82, 2.24) is 9.97 Å². The first-order valence-electron chi connectivity index (χ1n) is 24.1. The molecule has 0 saturated carbocycles. The smallest absolute Gasteiger partial charge is 0.332 e. The number of rotatable bonds is 23. The molecule has 0 spiro atoms. The Morgan fingerprint density at radius 3 is 1.48 bits per heavy atom. The Bertz CT molecular complexity index is 2970. The zero-order valence-corrected chi connectivity index (χ0v) is 46.4. The predicted octanol–water partition coefficient (Wildman–Crippen LogP) is 10.5. The standard InChI is InChI=1S/C24H30N2O5S.C17H26O7S.C14H12N2OS/c1-24(2,3)31-22(27)16-29-12-11-28-13-14-30-19-9-10-20-21(15-19)32-23(26-20)17-5-7-18(25-4)8-6-17;1-14-5-7-15(8-6-14)25(19,20)23-12-11-21-9-10-22-13-16(18)24-17(2,3)4;1-15-10-4-2-9(3-5-10)14-16-12-7-6-11(17)8-13(12)18-14/h5-10,15,25H,11-14,16H2,1-4H3;5-8H,9-13H2,1-4H3;2-8,15,17H,1H3. The SMILES string of the molecule is CNc1ccc(-c2nc3ccc(O)cc3s2)cc1.CNc1ccc(-c2nc3ccc(OCCOCCOCC(=O)OC(C)(C)C)cc3s2)cc1.Cc1ccc(S(=O)(=O)OCCOCCOCC(=O)OC(C)(C)C)cc1. The summed E-state index contributed by atoms with van der Waals surface area (Å²) < 4.78 is 67.9. The summed E-state index contributed by atoms with van der Waals surface area (Å²) in [6.07, 6.45) is 0. The summed E-state index contributed by atoms with van der Waals surface area (Å²) >= 11 is 3.23. The first kappa shape index (κ1) is 59.6. The fourth-order valence-corrected chi connectivity index (χ4v) is 9.30. The first-order chi connectivity index (χ1) is 35.7. The van der Waals surface area contributed by atoms with Crippen molar-refractivity contribution in [3.05, 3.63) is 115 Å². The van der Waals surface area contributed by atoms with Gasteiger partial charge in [-0.2, -0.15) is 8.42 Å². The van der Waals surface area contributed by atoms with Crippen LogP contribution >= 0.6 is 22.7 Å². The summed E-state index contributed by atoms with van der Waals surface area (Å²) in [7, 11) is 0.0253. The van der Waals surface area contributed by atoms with E-state index in [1.165, 1.54) is 12.1 Å². The predicted molar refractivity (Wildman–Crippen MR) is 296 cm³/mol. The van der Waals surface area contributed by atoms with E-state index < -0.39 is 27.3 Å². The Kier molecular flexibility index (Phi) is 23.2. The van der Waals surface area contributed by atoms with Crippen LogP contribution in [0.25, 0.3) is 41.6 Å². The maximum absolute atomic E-state index is 11.9. The van der Waals surface area contributed by atoms with Crippen LogP contribution in [0.3, 0.4) is 0 Å². The molecule has 0 aliphatic rings. The minimum absolute atomic E-state index is 0.0758. The first-order valence-corrected chi connectivity index (χ1v) is 27.1. The molecule has 75 heavy (non-hydrogen) atoms. The van der Waals surface area contributed by atoms with Crippen molar-refractivity contribution >= 4 is 76.5 Å². The molecule has 2 aromatic heterocycles. The lowest BCUT2D eigenvalue weighted by Crippen LogP contribution is -2.27. The average molecular weight is 1090 g/mol. The number of nitrogens with one attached hydrogen (secondary N) is 2. The second-order valence-corrected chi connectivity index (χ2v) is 22.1. The number of ether oxygens (including phenoxy) is 7. The highest BCUT2D eigenvalue weighted by Gasteiger charge is 2.18. The highest BCUT2D eigenvalue weighted by molar-refractivity contribution is 7.86. The van der Waals surface area contributed by atoms with Gasteiger partial charge in [0.25, 0.3) is 10.1 Å². The number of benzene rings is 5. The van der Waals surface area contributed by atoms with Crippen LogP contribution in [0, 0.1) is 6.92 Å². The van der Waals surface area contributed by atoms with Gasteiger partial charge in [0.1, 0.15) is 52.5 Å². The second-order valence-electron chi connectivity index (χ2n) is 18.4. The fraction of sp³-hybridized carbons (Fsp3) is 0.382. The van der Waals surface area contributed by atoms with Crippen molar-refractivity contribution in [2.45, 2.75) is 64.6 Å². The Labute approximate surface area is 447 Å². The third kappa shape index (κ3) is 21.5. The molecule has 0 atom stereocenters. The van der Waals surface area contributed by atoms with Gasteiger partial charge in [-0.25, -0.2) is 19.6 Å². The lowest BCUT2D eigenvalue weighted by atomic mass is 10.2. The van der Waals surface area contributed by atoms with E-state index in [4.69, 9.17) is 42.3 Å². The van der Waals surface area contributed by atoms with Crippen LogP contribution in [-0.4, -0.2) is 127 Å². The molecule has 0 saturated heterocycles. The number of nitrogens with zero attached hydrogens (tertiary/aromatic N) is 2. The van der Waals surface area contributed by atoms with Crippen molar-refractivity contribution in [3.8, 4) is 32.6 Å². The summed E-state index contributed by atoms with van der Waals surface area (Å²) in [6, 6.07) is 33.9. The number of carbonyl (C=O) groups excluding carboxylic acids is 2. The van der Waals surface area contributed by atoms with Gasteiger partial charge in [-0.05, 0) is 146 Å². The number of aromatic nitrogens is 2. The summed E-state index contributed by atoms with van der Waals surface area (Å²) in [5.41, 5.74) is 6.13. The van der Waals surface area contributed by atoms with Crippen molar-refractivity contribution in [2.75, 3.05) is 90.8 Å². The van der Waals surface area contributed by atoms with Gasteiger partial charge in [0, 0.05) is 36.6 Å². The molecule has 17 nitrogen and oxygen atoms in total. The van der Waals surface area contributed by atoms with Gasteiger partial charge < -0.3 is 48.9 Å². The van der Waals surface area contributed by atoms with Gasteiger partial charge in [0.05, 0.1) is 71.6 Å². The van der Waals surface area contributed by atoms with Crippen LogP contribution in [-0.2, 0) is 52.3 Å². The van der Waals surface area contributed by atoms with Gasteiger partial charge in [-0.3, -0.25) is 4.18 Å². The second kappa shape index (κ2) is 29.2. The average Bonchev–Trinajstić information content (AvgIpc) is 3.99. The normalized spacial score (nSPS) is 11.5. The lowest BCUT2D eigenvalue weighted by Gasteiger charge is -2.19.